The first-order valence-corrected chi connectivity index (χ1v) is 5.80. The topological polar surface area (TPSA) is 34.9 Å². The van der Waals surface area contributed by atoms with Crippen molar-refractivity contribution in [1.29, 1.82) is 0 Å². The van der Waals surface area contributed by atoms with Gasteiger partial charge in [-0.25, -0.2) is 4.98 Å². The molecular weight excluding hydrogens is 259 g/mol. The number of nitrogens with zero attached hydrogens (tertiary/aromatic N) is 2. The molecule has 5 heteroatoms. The quantitative estimate of drug-likeness (QED) is 0.786. The van der Waals surface area contributed by atoms with Crippen molar-refractivity contribution in [2.45, 2.75) is 13.5 Å². The molecule has 0 aliphatic heterocycles. The summed E-state index contributed by atoms with van der Waals surface area (Å²) in [6, 6.07) is 6.88. The van der Waals surface area contributed by atoms with E-state index in [0.29, 0.717) is 28.0 Å². The third kappa shape index (κ3) is 2.68. The number of hydrogen-bond donors (Lipinski definition) is 0. The van der Waals surface area contributed by atoms with Crippen molar-refractivity contribution in [2.24, 2.45) is 0 Å². The van der Waals surface area contributed by atoms with Crippen LogP contribution in [-0.4, -0.2) is 9.55 Å². The van der Waals surface area contributed by atoms with E-state index in [1.807, 2.05) is 6.07 Å². The second-order valence-corrected chi connectivity index (χ2v) is 4.48. The van der Waals surface area contributed by atoms with Crippen LogP contribution in [0, 0.1) is 6.92 Å². The number of halogens is 2. The van der Waals surface area contributed by atoms with Crippen LogP contribution in [0.1, 0.15) is 11.3 Å². The highest BCUT2D eigenvalue weighted by Crippen LogP contribution is 2.17. The first-order chi connectivity index (χ1) is 8.08. The number of aromatic nitrogens is 2. The van der Waals surface area contributed by atoms with Crippen molar-refractivity contribution in [3.63, 3.8) is 0 Å². The molecule has 0 N–H and O–H groups in total. The molecule has 0 unspecified atom stereocenters. The molecule has 88 valence electrons. The van der Waals surface area contributed by atoms with Crippen molar-refractivity contribution in [1.82, 2.24) is 9.55 Å². The van der Waals surface area contributed by atoms with Gasteiger partial charge in [-0.1, -0.05) is 29.3 Å². The zero-order valence-electron chi connectivity index (χ0n) is 9.15. The maximum atomic E-state index is 11.8. The monoisotopic (exact) mass is 268 g/mol. The van der Waals surface area contributed by atoms with Crippen LogP contribution in [0.4, 0.5) is 0 Å². The average Bonchev–Trinajstić information content (AvgIpc) is 2.30. The Labute approximate surface area is 109 Å². The van der Waals surface area contributed by atoms with Crippen LogP contribution in [0.5, 0.6) is 0 Å². The van der Waals surface area contributed by atoms with E-state index in [4.69, 9.17) is 23.2 Å². The SMILES string of the molecule is Cc1cccn(Cc2nc(Cl)ccc2Cl)c1=O. The van der Waals surface area contributed by atoms with Crippen molar-refractivity contribution in [3.8, 4) is 0 Å². The largest absolute Gasteiger partial charge is 0.309 e. The number of aryl methyl sites for hydroxylation is 1. The molecule has 0 saturated carbocycles. The first-order valence-electron chi connectivity index (χ1n) is 5.05. The highest BCUT2D eigenvalue weighted by Gasteiger charge is 2.06. The summed E-state index contributed by atoms with van der Waals surface area (Å²) in [5.74, 6) is 0. The predicted octanol–water partition coefficient (Wildman–Crippen LogP) is 2.91. The summed E-state index contributed by atoms with van der Waals surface area (Å²) in [6.45, 7) is 2.09. The van der Waals surface area contributed by atoms with E-state index in [1.165, 1.54) is 0 Å². The molecule has 0 aliphatic carbocycles. The maximum absolute atomic E-state index is 11.8. The number of rotatable bonds is 2. The molecule has 2 aromatic rings. The Morgan fingerprint density at radius 2 is 2.06 bits per heavy atom. The Hall–Kier alpha value is -1.32. The van der Waals surface area contributed by atoms with Gasteiger partial charge in [0.25, 0.3) is 5.56 Å². The smallest absolute Gasteiger partial charge is 0.253 e. The second kappa shape index (κ2) is 4.90. The molecule has 0 saturated heterocycles. The van der Waals surface area contributed by atoms with Crippen molar-refractivity contribution in [2.75, 3.05) is 0 Å². The summed E-state index contributed by atoms with van der Waals surface area (Å²) < 4.78 is 1.56. The summed E-state index contributed by atoms with van der Waals surface area (Å²) in [5.41, 5.74) is 1.22. The highest BCUT2D eigenvalue weighted by molar-refractivity contribution is 6.32. The molecule has 0 spiro atoms. The van der Waals surface area contributed by atoms with Gasteiger partial charge in [0.15, 0.2) is 0 Å². The average molecular weight is 269 g/mol. The molecule has 0 fully saturated rings. The molecule has 0 amide bonds. The van der Waals surface area contributed by atoms with E-state index in [2.05, 4.69) is 4.98 Å². The van der Waals surface area contributed by atoms with Crippen molar-refractivity contribution >= 4 is 23.2 Å². The van der Waals surface area contributed by atoms with Gasteiger partial charge in [0.05, 0.1) is 17.3 Å². The molecule has 0 aromatic carbocycles. The normalized spacial score (nSPS) is 10.5. The van der Waals surface area contributed by atoms with Crippen LogP contribution in [0.25, 0.3) is 0 Å². The minimum absolute atomic E-state index is 0.0506. The summed E-state index contributed by atoms with van der Waals surface area (Å²) in [7, 11) is 0. The Morgan fingerprint density at radius 3 is 2.82 bits per heavy atom. The van der Waals surface area contributed by atoms with Crippen molar-refractivity contribution in [3.05, 3.63) is 62.2 Å². The van der Waals surface area contributed by atoms with Crippen LogP contribution in [0.15, 0.2) is 35.3 Å². The van der Waals surface area contributed by atoms with E-state index in [-0.39, 0.29) is 5.56 Å². The van der Waals surface area contributed by atoms with E-state index in [1.54, 1.807) is 35.9 Å². The first kappa shape index (κ1) is 12.1. The molecule has 2 heterocycles. The molecule has 0 bridgehead atoms. The van der Waals surface area contributed by atoms with Crippen LogP contribution in [0.3, 0.4) is 0 Å². The van der Waals surface area contributed by atoms with E-state index < -0.39 is 0 Å². The lowest BCUT2D eigenvalue weighted by Crippen LogP contribution is -2.22. The zero-order valence-corrected chi connectivity index (χ0v) is 10.7. The van der Waals surface area contributed by atoms with Gasteiger partial charge in [0.1, 0.15) is 5.15 Å². The van der Waals surface area contributed by atoms with Crippen LogP contribution >= 0.6 is 23.2 Å². The molecule has 0 aliphatic rings. The lowest BCUT2D eigenvalue weighted by Gasteiger charge is -2.07. The summed E-state index contributed by atoms with van der Waals surface area (Å²) in [4.78, 5) is 15.9. The van der Waals surface area contributed by atoms with Gasteiger partial charge in [-0.05, 0) is 25.1 Å². The Bertz CT molecular complexity index is 608. The highest BCUT2D eigenvalue weighted by atomic mass is 35.5. The Morgan fingerprint density at radius 1 is 1.29 bits per heavy atom. The van der Waals surface area contributed by atoms with E-state index >= 15 is 0 Å². The van der Waals surface area contributed by atoms with Gasteiger partial charge >= 0.3 is 0 Å². The molecule has 3 nitrogen and oxygen atoms in total. The lowest BCUT2D eigenvalue weighted by molar-refractivity contribution is 0.734. The molecule has 0 atom stereocenters. The van der Waals surface area contributed by atoms with Crippen LogP contribution in [-0.2, 0) is 6.54 Å². The van der Waals surface area contributed by atoms with E-state index in [0.717, 1.165) is 0 Å². The molecule has 2 aromatic heterocycles. The van der Waals surface area contributed by atoms with Gasteiger partial charge in [0, 0.05) is 11.8 Å². The summed E-state index contributed by atoms with van der Waals surface area (Å²) in [6.07, 6.45) is 1.70. The van der Waals surface area contributed by atoms with Gasteiger partial charge in [-0.3, -0.25) is 4.79 Å². The Balaban J connectivity index is 2.41. The lowest BCUT2D eigenvalue weighted by atomic mass is 10.3. The predicted molar refractivity (Wildman–Crippen MR) is 68.8 cm³/mol. The molecule has 17 heavy (non-hydrogen) atoms. The second-order valence-electron chi connectivity index (χ2n) is 3.69. The summed E-state index contributed by atoms with van der Waals surface area (Å²) in [5, 5.41) is 0.868. The fraction of sp³-hybridized carbons (Fsp3) is 0.167. The minimum atomic E-state index is -0.0506. The number of hydrogen-bond acceptors (Lipinski definition) is 2. The minimum Gasteiger partial charge on any atom is -0.309 e. The standard InChI is InChI=1S/C12H10Cl2N2O/c1-8-3-2-6-16(12(8)17)7-10-9(13)4-5-11(14)15-10/h2-6H,7H2,1H3. The van der Waals surface area contributed by atoms with Gasteiger partial charge in [-0.15, -0.1) is 0 Å². The fourth-order valence-electron chi connectivity index (χ4n) is 1.51. The van der Waals surface area contributed by atoms with Crippen LogP contribution < -0.4 is 5.56 Å². The zero-order chi connectivity index (χ0) is 12.4. The van der Waals surface area contributed by atoms with Crippen molar-refractivity contribution < 1.29 is 0 Å². The number of pyridine rings is 2. The van der Waals surface area contributed by atoms with Crippen LogP contribution in [0.2, 0.25) is 10.2 Å². The Kier molecular flexibility index (Phi) is 3.50. The fourth-order valence-corrected chi connectivity index (χ4v) is 1.84. The molecular formula is C12H10Cl2N2O. The maximum Gasteiger partial charge on any atom is 0.253 e. The molecule has 0 radical (unpaired) electrons. The van der Waals surface area contributed by atoms with Gasteiger partial charge < -0.3 is 4.57 Å². The third-order valence-electron chi connectivity index (χ3n) is 2.42. The van der Waals surface area contributed by atoms with Gasteiger partial charge in [0.2, 0.25) is 0 Å². The van der Waals surface area contributed by atoms with Gasteiger partial charge in [-0.2, -0.15) is 0 Å². The van der Waals surface area contributed by atoms with E-state index in [9.17, 15) is 4.79 Å². The molecule has 2 rings (SSSR count). The third-order valence-corrected chi connectivity index (χ3v) is 2.97. The summed E-state index contributed by atoms with van der Waals surface area (Å²) >= 11 is 11.8.